The Morgan fingerprint density at radius 2 is 1.97 bits per heavy atom. The summed E-state index contributed by atoms with van der Waals surface area (Å²) in [5.74, 6) is -0.905. The Bertz CT molecular complexity index is 1380. The lowest BCUT2D eigenvalue weighted by atomic mass is 9.98. The molecule has 0 spiro atoms. The highest BCUT2D eigenvalue weighted by atomic mass is 16.4. The maximum atomic E-state index is 13.0. The molecule has 0 aliphatic rings. The van der Waals surface area contributed by atoms with Crippen molar-refractivity contribution in [2.75, 3.05) is 5.32 Å². The summed E-state index contributed by atoms with van der Waals surface area (Å²) in [6, 6.07) is 7.28. The fourth-order valence-electron chi connectivity index (χ4n) is 3.80. The van der Waals surface area contributed by atoms with Crippen LogP contribution in [0, 0.1) is 5.92 Å². The topological polar surface area (TPSA) is 192 Å². The van der Waals surface area contributed by atoms with Crippen molar-refractivity contribution in [2.24, 2.45) is 11.7 Å². The number of pyridine rings is 1. The number of aromatic nitrogens is 3. The highest BCUT2D eigenvalue weighted by molar-refractivity contribution is 5.96. The van der Waals surface area contributed by atoms with Crippen molar-refractivity contribution in [3.05, 3.63) is 70.4 Å². The first-order valence-corrected chi connectivity index (χ1v) is 11.7. The van der Waals surface area contributed by atoms with Crippen LogP contribution in [0.3, 0.4) is 0 Å². The standard InChI is InChI=1S/C25H30N6O6/c1-14(2)22(33)15-7-5-9-16-21(15)30-20(27-16)13-31-12-6-10-18(24(31)35)28-23(34)17(29-25(36)37)8-3-4-11-19(26)32/h4-7,9-12,14,17,22,29,33H,3,8,13H2,1-2H3,(H2,26,32)(H,27,30)(H,28,34)(H,36,37)/b11-4+. The number of fused-ring (bicyclic) bond motifs is 1. The number of anilines is 1. The predicted molar refractivity (Wildman–Crippen MR) is 137 cm³/mol. The molecule has 2 heterocycles. The Morgan fingerprint density at radius 1 is 1.22 bits per heavy atom. The van der Waals surface area contributed by atoms with Crippen LogP contribution in [0.5, 0.6) is 0 Å². The van der Waals surface area contributed by atoms with E-state index in [0.29, 0.717) is 16.9 Å². The molecule has 0 saturated heterocycles. The molecule has 12 nitrogen and oxygen atoms in total. The Morgan fingerprint density at radius 3 is 2.65 bits per heavy atom. The summed E-state index contributed by atoms with van der Waals surface area (Å²) in [4.78, 5) is 55.5. The number of aromatic amines is 1. The van der Waals surface area contributed by atoms with Gasteiger partial charge in [-0.1, -0.05) is 32.1 Å². The fourth-order valence-corrected chi connectivity index (χ4v) is 3.80. The molecular formula is C25H30N6O6. The number of nitrogens with two attached hydrogens (primary N) is 1. The molecule has 3 amide bonds. The number of hydrogen-bond acceptors (Lipinski definition) is 6. The summed E-state index contributed by atoms with van der Waals surface area (Å²) >= 11 is 0. The van der Waals surface area contributed by atoms with Crippen LogP contribution < -0.4 is 21.9 Å². The number of hydrogen-bond donors (Lipinski definition) is 6. The number of carboxylic acid groups (broad SMARTS) is 1. The van der Waals surface area contributed by atoms with Crippen molar-refractivity contribution in [3.63, 3.8) is 0 Å². The molecule has 196 valence electrons. The minimum absolute atomic E-state index is 0.00715. The van der Waals surface area contributed by atoms with Crippen molar-refractivity contribution in [1.82, 2.24) is 19.9 Å². The van der Waals surface area contributed by atoms with Gasteiger partial charge in [-0.25, -0.2) is 9.78 Å². The molecule has 2 aromatic heterocycles. The number of imidazole rings is 1. The van der Waals surface area contributed by atoms with E-state index in [1.807, 2.05) is 32.0 Å². The second-order valence-corrected chi connectivity index (χ2v) is 8.84. The van der Waals surface area contributed by atoms with E-state index in [4.69, 9.17) is 10.8 Å². The molecule has 0 aliphatic heterocycles. The molecule has 0 radical (unpaired) electrons. The second-order valence-electron chi connectivity index (χ2n) is 8.84. The molecule has 0 aliphatic carbocycles. The Labute approximate surface area is 212 Å². The summed E-state index contributed by atoms with van der Waals surface area (Å²) in [6.07, 6.45) is 2.25. The maximum Gasteiger partial charge on any atom is 0.405 e. The Hall–Kier alpha value is -4.45. The number of amides is 3. The lowest BCUT2D eigenvalue weighted by Crippen LogP contribution is -2.44. The van der Waals surface area contributed by atoms with Crippen LogP contribution in [0.2, 0.25) is 0 Å². The summed E-state index contributed by atoms with van der Waals surface area (Å²) < 4.78 is 1.35. The van der Waals surface area contributed by atoms with Crippen LogP contribution >= 0.6 is 0 Å². The van der Waals surface area contributed by atoms with E-state index in [2.05, 4.69) is 20.6 Å². The van der Waals surface area contributed by atoms with E-state index >= 15 is 0 Å². The van der Waals surface area contributed by atoms with Gasteiger partial charge in [-0.3, -0.25) is 14.4 Å². The van der Waals surface area contributed by atoms with Crippen molar-refractivity contribution < 1.29 is 24.6 Å². The molecular weight excluding hydrogens is 480 g/mol. The van der Waals surface area contributed by atoms with Gasteiger partial charge < -0.3 is 36.1 Å². The number of para-hydroxylation sites is 1. The van der Waals surface area contributed by atoms with Crippen LogP contribution in [0.15, 0.2) is 53.5 Å². The molecule has 2 unspecified atom stereocenters. The number of primary amides is 1. The molecule has 7 N–H and O–H groups in total. The molecule has 0 saturated carbocycles. The third-order valence-electron chi connectivity index (χ3n) is 5.66. The van der Waals surface area contributed by atoms with E-state index in [1.165, 1.54) is 22.9 Å². The van der Waals surface area contributed by atoms with Crippen LogP contribution in [0.1, 0.15) is 44.2 Å². The number of carbonyl (C=O) groups excluding carboxylic acids is 2. The number of nitrogens with zero attached hydrogens (tertiary/aromatic N) is 2. The number of nitrogens with one attached hydrogen (secondary N) is 3. The molecule has 2 atom stereocenters. The molecule has 3 rings (SSSR count). The number of allylic oxidation sites excluding steroid dienone is 1. The number of H-pyrrole nitrogens is 1. The average Bonchev–Trinajstić information content (AvgIpc) is 3.25. The number of aliphatic hydroxyl groups is 1. The van der Waals surface area contributed by atoms with Crippen LogP contribution in [0.25, 0.3) is 11.0 Å². The van der Waals surface area contributed by atoms with E-state index in [9.17, 15) is 24.3 Å². The predicted octanol–water partition coefficient (Wildman–Crippen LogP) is 1.86. The average molecular weight is 511 g/mol. The Kier molecular flexibility index (Phi) is 8.80. The zero-order valence-electron chi connectivity index (χ0n) is 20.5. The highest BCUT2D eigenvalue weighted by Crippen LogP contribution is 2.27. The normalized spacial score (nSPS) is 13.1. The lowest BCUT2D eigenvalue weighted by molar-refractivity contribution is -0.118. The molecule has 37 heavy (non-hydrogen) atoms. The SMILES string of the molecule is CC(C)C(O)c1cccc2[nH]c(Cn3cccc(NC(=O)C(CC/C=C/C(N)=O)NC(=O)O)c3=O)nc12. The molecule has 3 aromatic rings. The monoisotopic (exact) mass is 510 g/mol. The van der Waals surface area contributed by atoms with Gasteiger partial charge in [0.1, 0.15) is 17.6 Å². The van der Waals surface area contributed by atoms with Gasteiger partial charge >= 0.3 is 6.09 Å². The summed E-state index contributed by atoms with van der Waals surface area (Å²) in [5.41, 5.74) is 6.49. The minimum atomic E-state index is -1.41. The maximum absolute atomic E-state index is 13.0. The largest absolute Gasteiger partial charge is 0.465 e. The van der Waals surface area contributed by atoms with Gasteiger partial charge in [-0.05, 0) is 43.0 Å². The van der Waals surface area contributed by atoms with Crippen LogP contribution in [-0.4, -0.2) is 48.7 Å². The summed E-state index contributed by atoms with van der Waals surface area (Å²) in [7, 11) is 0. The van der Waals surface area contributed by atoms with Crippen LogP contribution in [-0.2, 0) is 16.1 Å². The fraction of sp³-hybridized carbons (Fsp3) is 0.320. The third-order valence-corrected chi connectivity index (χ3v) is 5.66. The van der Waals surface area contributed by atoms with Gasteiger partial charge in [-0.2, -0.15) is 0 Å². The molecule has 0 fully saturated rings. The molecule has 12 heteroatoms. The first-order valence-electron chi connectivity index (χ1n) is 11.7. The summed E-state index contributed by atoms with van der Waals surface area (Å²) in [6.45, 7) is 3.89. The van der Waals surface area contributed by atoms with Crippen molar-refractivity contribution in [1.29, 1.82) is 0 Å². The van der Waals surface area contributed by atoms with Crippen molar-refractivity contribution in [2.45, 2.75) is 45.4 Å². The van der Waals surface area contributed by atoms with Gasteiger partial charge in [0.15, 0.2) is 0 Å². The van der Waals surface area contributed by atoms with Gasteiger partial charge in [0.2, 0.25) is 11.8 Å². The highest BCUT2D eigenvalue weighted by Gasteiger charge is 2.22. The molecule has 0 bridgehead atoms. The minimum Gasteiger partial charge on any atom is -0.465 e. The quantitative estimate of drug-likeness (QED) is 0.212. The van der Waals surface area contributed by atoms with Crippen LogP contribution in [0.4, 0.5) is 10.5 Å². The van der Waals surface area contributed by atoms with Gasteiger partial charge in [-0.15, -0.1) is 0 Å². The van der Waals surface area contributed by atoms with Crippen molar-refractivity contribution >= 4 is 34.6 Å². The Balaban J connectivity index is 1.79. The van der Waals surface area contributed by atoms with E-state index < -0.39 is 35.6 Å². The second kappa shape index (κ2) is 12.0. The number of benzene rings is 1. The summed E-state index contributed by atoms with van der Waals surface area (Å²) in [5, 5.41) is 24.2. The van der Waals surface area contributed by atoms with E-state index in [-0.39, 0.29) is 31.0 Å². The molecule has 1 aromatic carbocycles. The smallest absolute Gasteiger partial charge is 0.405 e. The van der Waals surface area contributed by atoms with Crippen molar-refractivity contribution in [3.8, 4) is 0 Å². The number of rotatable bonds is 11. The van der Waals surface area contributed by atoms with E-state index in [1.54, 1.807) is 6.07 Å². The number of carbonyl (C=O) groups is 3. The number of aliphatic hydroxyl groups excluding tert-OH is 1. The third kappa shape index (κ3) is 7.04. The lowest BCUT2D eigenvalue weighted by Gasteiger charge is -2.16. The zero-order chi connectivity index (χ0) is 27.1. The van der Waals surface area contributed by atoms with E-state index in [0.717, 1.165) is 11.6 Å². The first-order chi connectivity index (χ1) is 17.6. The first kappa shape index (κ1) is 27.1. The van der Waals surface area contributed by atoms with Gasteiger partial charge in [0.05, 0.1) is 23.7 Å². The van der Waals surface area contributed by atoms with Gasteiger partial charge in [0, 0.05) is 11.8 Å². The van der Waals surface area contributed by atoms with Gasteiger partial charge in [0.25, 0.3) is 5.56 Å². The zero-order valence-corrected chi connectivity index (χ0v) is 20.5.